The Bertz CT molecular complexity index is 1330. The number of aliphatic carboxylic acids is 1. The fraction of sp³-hybridized carbons (Fsp3) is 0.360. The Balaban J connectivity index is 1.42. The van der Waals surface area contributed by atoms with Gasteiger partial charge in [-0.15, -0.1) is 0 Å². The lowest BCUT2D eigenvalue weighted by molar-refractivity contribution is -0.137. The van der Waals surface area contributed by atoms with E-state index < -0.39 is 24.2 Å². The second-order valence-corrected chi connectivity index (χ2v) is 9.44. The van der Waals surface area contributed by atoms with Crippen LogP contribution in [-0.2, 0) is 27.4 Å². The van der Waals surface area contributed by atoms with Crippen molar-refractivity contribution in [1.29, 1.82) is 0 Å². The quantitative estimate of drug-likeness (QED) is 0.299. The highest BCUT2D eigenvalue weighted by Crippen LogP contribution is 2.30. The van der Waals surface area contributed by atoms with Crippen LogP contribution in [0.3, 0.4) is 0 Å². The summed E-state index contributed by atoms with van der Waals surface area (Å²) in [7, 11) is 0. The van der Waals surface area contributed by atoms with Crippen molar-refractivity contribution in [3.05, 3.63) is 58.5 Å². The summed E-state index contributed by atoms with van der Waals surface area (Å²) in [5.74, 6) is -2.74. The molecule has 1 saturated heterocycles. The summed E-state index contributed by atoms with van der Waals surface area (Å²) in [4.78, 5) is 36.4. The van der Waals surface area contributed by atoms with Crippen molar-refractivity contribution in [1.82, 2.24) is 20.4 Å². The van der Waals surface area contributed by atoms with E-state index in [1.54, 1.807) is 24.3 Å². The molecule has 37 heavy (non-hydrogen) atoms. The maximum Gasteiger partial charge on any atom is 0.325 e. The first-order valence-corrected chi connectivity index (χ1v) is 12.1. The third-order valence-electron chi connectivity index (χ3n) is 6.35. The van der Waals surface area contributed by atoms with E-state index in [2.05, 4.69) is 28.0 Å². The lowest BCUT2D eigenvalue weighted by atomic mass is 9.83. The second kappa shape index (κ2) is 11.2. The van der Waals surface area contributed by atoms with Crippen LogP contribution in [0.2, 0.25) is 5.02 Å². The topological polar surface area (TPSA) is 135 Å². The Morgan fingerprint density at radius 1 is 1.24 bits per heavy atom. The van der Waals surface area contributed by atoms with Crippen LogP contribution in [0, 0.1) is 11.2 Å². The summed E-state index contributed by atoms with van der Waals surface area (Å²) >= 11 is 6.04. The Morgan fingerprint density at radius 2 is 2.00 bits per heavy atom. The van der Waals surface area contributed by atoms with Gasteiger partial charge in [0.2, 0.25) is 5.91 Å². The highest BCUT2D eigenvalue weighted by molar-refractivity contribution is 6.31. The van der Waals surface area contributed by atoms with Crippen molar-refractivity contribution in [2.45, 2.75) is 26.4 Å². The van der Waals surface area contributed by atoms with Crippen LogP contribution in [-0.4, -0.2) is 59.0 Å². The van der Waals surface area contributed by atoms with Gasteiger partial charge in [0.15, 0.2) is 5.69 Å². The molecule has 196 valence electrons. The number of ether oxygens (including phenoxy) is 1. The lowest BCUT2D eigenvalue weighted by Gasteiger charge is -2.40. The number of fused-ring (bicyclic) bond motifs is 1. The predicted octanol–water partition coefficient (Wildman–Crippen LogP) is 2.80. The number of carboxylic acids is 1. The van der Waals surface area contributed by atoms with E-state index in [4.69, 9.17) is 21.4 Å². The number of halogens is 2. The normalized spacial score (nSPS) is 14.2. The van der Waals surface area contributed by atoms with Crippen molar-refractivity contribution in [3.63, 3.8) is 0 Å². The number of carbonyl (C=O) groups is 3. The molecular weight excluding hydrogens is 505 g/mol. The number of anilines is 1. The molecule has 1 fully saturated rings. The van der Waals surface area contributed by atoms with Crippen LogP contribution >= 0.6 is 11.6 Å². The maximum atomic E-state index is 14.6. The van der Waals surface area contributed by atoms with Gasteiger partial charge in [0, 0.05) is 35.1 Å². The fourth-order valence-corrected chi connectivity index (χ4v) is 4.34. The van der Waals surface area contributed by atoms with E-state index in [0.29, 0.717) is 30.7 Å². The van der Waals surface area contributed by atoms with Crippen molar-refractivity contribution in [2.75, 3.05) is 31.6 Å². The van der Waals surface area contributed by atoms with Crippen LogP contribution in [0.25, 0.3) is 10.9 Å². The molecule has 0 radical (unpaired) electrons. The van der Waals surface area contributed by atoms with Crippen LogP contribution in [0.5, 0.6) is 0 Å². The van der Waals surface area contributed by atoms with Gasteiger partial charge in [-0.05, 0) is 24.6 Å². The number of carboxylic acid groups (broad SMARTS) is 1. The highest BCUT2D eigenvalue weighted by atomic mass is 35.5. The number of para-hydroxylation sites is 1. The molecule has 4 rings (SSSR count). The first kappa shape index (κ1) is 26.5. The molecule has 4 N–H and O–H groups in total. The van der Waals surface area contributed by atoms with Gasteiger partial charge in [0.25, 0.3) is 5.91 Å². The summed E-state index contributed by atoms with van der Waals surface area (Å²) in [6.45, 7) is 3.57. The maximum absolute atomic E-state index is 14.6. The SMILES string of the molecule is CCC1(CNCC(=O)NCc2cc(NC(=O)c3nn(CC(=O)O)c4ccccc34)cc(Cl)c2F)COC1. The Hall–Kier alpha value is -3.54. The molecule has 1 aliphatic rings. The van der Waals surface area contributed by atoms with Crippen LogP contribution in [0.4, 0.5) is 10.1 Å². The van der Waals surface area contributed by atoms with Gasteiger partial charge in [-0.2, -0.15) is 5.10 Å². The van der Waals surface area contributed by atoms with Gasteiger partial charge in [-0.3, -0.25) is 19.1 Å². The van der Waals surface area contributed by atoms with Gasteiger partial charge in [-0.1, -0.05) is 36.7 Å². The number of hydrogen-bond acceptors (Lipinski definition) is 6. The average molecular weight is 532 g/mol. The third-order valence-corrected chi connectivity index (χ3v) is 6.62. The summed E-state index contributed by atoms with van der Waals surface area (Å²) in [6, 6.07) is 9.36. The molecule has 1 aliphatic heterocycles. The van der Waals surface area contributed by atoms with E-state index in [1.165, 1.54) is 16.8 Å². The van der Waals surface area contributed by atoms with Gasteiger partial charge in [-0.25, -0.2) is 4.39 Å². The molecule has 0 spiro atoms. The van der Waals surface area contributed by atoms with Crippen molar-refractivity contribution in [2.24, 2.45) is 5.41 Å². The number of hydrogen-bond donors (Lipinski definition) is 4. The van der Waals surface area contributed by atoms with Crippen molar-refractivity contribution < 1.29 is 28.6 Å². The summed E-state index contributed by atoms with van der Waals surface area (Å²) < 4.78 is 21.1. The van der Waals surface area contributed by atoms with E-state index in [0.717, 1.165) is 6.42 Å². The zero-order valence-electron chi connectivity index (χ0n) is 20.1. The number of nitrogens with one attached hydrogen (secondary N) is 3. The van der Waals surface area contributed by atoms with E-state index in [1.807, 2.05) is 0 Å². The molecule has 2 amide bonds. The minimum Gasteiger partial charge on any atom is -0.480 e. The summed E-state index contributed by atoms with van der Waals surface area (Å²) in [6.07, 6.45) is 0.944. The number of rotatable bonds is 11. The smallest absolute Gasteiger partial charge is 0.325 e. The largest absolute Gasteiger partial charge is 0.480 e. The van der Waals surface area contributed by atoms with Crippen LogP contribution in [0.1, 0.15) is 29.4 Å². The van der Waals surface area contributed by atoms with Crippen LogP contribution in [0.15, 0.2) is 36.4 Å². The summed E-state index contributed by atoms with van der Waals surface area (Å²) in [5.41, 5.74) is 0.848. The van der Waals surface area contributed by atoms with E-state index >= 15 is 0 Å². The molecule has 0 atom stereocenters. The van der Waals surface area contributed by atoms with E-state index in [9.17, 15) is 18.8 Å². The molecule has 12 heteroatoms. The van der Waals surface area contributed by atoms with Gasteiger partial charge < -0.3 is 25.8 Å². The Morgan fingerprint density at radius 3 is 2.68 bits per heavy atom. The molecule has 1 aromatic heterocycles. The Labute approximate surface area is 217 Å². The zero-order valence-corrected chi connectivity index (χ0v) is 20.9. The van der Waals surface area contributed by atoms with Gasteiger partial charge in [0.05, 0.1) is 30.3 Å². The van der Waals surface area contributed by atoms with Crippen LogP contribution < -0.4 is 16.0 Å². The van der Waals surface area contributed by atoms with Crippen molar-refractivity contribution >= 4 is 46.0 Å². The number of nitrogens with zero attached hydrogens (tertiary/aromatic N) is 2. The molecule has 0 saturated carbocycles. The molecule has 0 unspecified atom stereocenters. The standard InChI is InChI=1S/C25H27ClFN5O5/c1-2-25(13-37-14-25)12-28-10-20(33)29-9-15-7-16(8-18(26)22(15)27)30-24(36)23-17-5-3-4-6-19(17)32(31-23)11-21(34)35/h3-8,28H,2,9-14H2,1H3,(H,29,33)(H,30,36)(H,34,35). The van der Waals surface area contributed by atoms with Gasteiger partial charge >= 0.3 is 5.97 Å². The molecule has 0 aliphatic carbocycles. The number of aromatic nitrogens is 2. The number of carbonyl (C=O) groups excluding carboxylic acids is 2. The second-order valence-electron chi connectivity index (χ2n) is 9.03. The Kier molecular flexibility index (Phi) is 8.06. The molecule has 2 aromatic carbocycles. The molecule has 10 nitrogen and oxygen atoms in total. The number of benzene rings is 2. The molecule has 2 heterocycles. The number of amides is 2. The molecular formula is C25H27ClFN5O5. The third kappa shape index (κ3) is 6.07. The predicted molar refractivity (Wildman–Crippen MR) is 135 cm³/mol. The molecule has 0 bridgehead atoms. The van der Waals surface area contributed by atoms with E-state index in [-0.39, 0.29) is 46.4 Å². The highest BCUT2D eigenvalue weighted by Gasteiger charge is 2.36. The first-order chi connectivity index (χ1) is 17.7. The first-order valence-electron chi connectivity index (χ1n) is 11.7. The average Bonchev–Trinajstić information content (AvgIpc) is 3.20. The fourth-order valence-electron chi connectivity index (χ4n) is 4.10. The lowest BCUT2D eigenvalue weighted by Crippen LogP contribution is -2.50. The monoisotopic (exact) mass is 531 g/mol. The summed E-state index contributed by atoms with van der Waals surface area (Å²) in [5, 5.41) is 21.9. The van der Waals surface area contributed by atoms with Crippen molar-refractivity contribution in [3.8, 4) is 0 Å². The minimum absolute atomic E-state index is 0.0138. The minimum atomic E-state index is -1.10. The zero-order chi connectivity index (χ0) is 26.6. The molecule has 3 aromatic rings. The van der Waals surface area contributed by atoms with Gasteiger partial charge in [0.1, 0.15) is 12.4 Å².